The Bertz CT molecular complexity index is 1880. The fraction of sp³-hybridized carbons (Fsp3) is 0.216. The van der Waals surface area contributed by atoms with Crippen molar-refractivity contribution in [3.63, 3.8) is 0 Å². The van der Waals surface area contributed by atoms with Crippen LogP contribution >= 0.6 is 0 Å². The van der Waals surface area contributed by atoms with Crippen molar-refractivity contribution >= 4 is 34.4 Å². The first-order valence-electron chi connectivity index (χ1n) is 15.2. The molecule has 2 aliphatic heterocycles. The van der Waals surface area contributed by atoms with E-state index in [2.05, 4.69) is 28.5 Å². The van der Waals surface area contributed by atoms with Gasteiger partial charge in [0, 0.05) is 29.1 Å². The van der Waals surface area contributed by atoms with E-state index >= 15 is 0 Å². The number of amides is 4. The molecule has 2 aliphatic rings. The summed E-state index contributed by atoms with van der Waals surface area (Å²) in [6.07, 6.45) is 1.99. The molecule has 0 saturated carbocycles. The molecule has 7 rings (SSSR count). The van der Waals surface area contributed by atoms with Gasteiger partial charge in [0.15, 0.2) is 0 Å². The van der Waals surface area contributed by atoms with Crippen molar-refractivity contribution in [3.05, 3.63) is 137 Å². The van der Waals surface area contributed by atoms with Crippen LogP contribution in [0.25, 0.3) is 10.9 Å². The Balaban J connectivity index is 1.22. The lowest BCUT2D eigenvalue weighted by Crippen LogP contribution is -2.44. The number of aromatic amines is 1. The second-order valence-electron chi connectivity index (χ2n) is 11.9. The molecular weight excluding hydrogens is 548 g/mol. The molecule has 44 heavy (non-hydrogen) atoms. The van der Waals surface area contributed by atoms with Gasteiger partial charge in [0.2, 0.25) is 0 Å². The number of anilines is 1. The molecule has 3 atom stereocenters. The maximum Gasteiger partial charge on any atom is 0.332 e. The molecule has 5 aromatic rings. The Labute approximate surface area is 256 Å². The summed E-state index contributed by atoms with van der Waals surface area (Å²) < 4.78 is 0. The molecule has 4 aromatic carbocycles. The van der Waals surface area contributed by atoms with Gasteiger partial charge in [-0.3, -0.25) is 14.5 Å². The van der Waals surface area contributed by atoms with Crippen LogP contribution in [0.3, 0.4) is 0 Å². The lowest BCUT2D eigenvalue weighted by atomic mass is 9.88. The zero-order valence-corrected chi connectivity index (χ0v) is 24.8. The molecule has 0 bridgehead atoms. The van der Waals surface area contributed by atoms with Crippen LogP contribution < -0.4 is 10.2 Å². The number of aryl methyl sites for hydroxylation is 2. The Morgan fingerprint density at radius 1 is 0.909 bits per heavy atom. The van der Waals surface area contributed by atoms with Gasteiger partial charge in [0.25, 0.3) is 11.8 Å². The number of rotatable bonds is 7. The average molecular weight is 583 g/mol. The first-order valence-corrected chi connectivity index (χ1v) is 15.2. The minimum atomic E-state index is -0.693. The van der Waals surface area contributed by atoms with Gasteiger partial charge >= 0.3 is 6.03 Å². The van der Waals surface area contributed by atoms with Crippen molar-refractivity contribution in [3.8, 4) is 0 Å². The van der Waals surface area contributed by atoms with Crippen LogP contribution in [0, 0.1) is 6.92 Å². The molecular formula is C37H34N4O3. The van der Waals surface area contributed by atoms with Gasteiger partial charge in [-0.1, -0.05) is 90.5 Å². The van der Waals surface area contributed by atoms with E-state index in [0.29, 0.717) is 17.7 Å². The molecule has 7 nitrogen and oxygen atoms in total. The lowest BCUT2D eigenvalue weighted by Gasteiger charge is -2.36. The highest BCUT2D eigenvalue weighted by atomic mass is 16.2. The van der Waals surface area contributed by atoms with Crippen molar-refractivity contribution < 1.29 is 14.4 Å². The molecule has 3 heterocycles. The normalized spacial score (nSPS) is 18.3. The molecule has 1 saturated heterocycles. The van der Waals surface area contributed by atoms with Crippen LogP contribution in [-0.2, 0) is 17.6 Å². The Morgan fingerprint density at radius 2 is 1.61 bits per heavy atom. The maximum absolute atomic E-state index is 14.4. The summed E-state index contributed by atoms with van der Waals surface area (Å²) in [6.45, 7) is 4.00. The standard InChI is InChI=1S/C37H34N4O3/c1-23-16-20-26(21-17-23)34-33-29(27-12-6-8-14-30(27)39-33)22-32-36(43)41(37(44)40(32)34)31-15-9-7-13-28(31)35(42)38-24(2)18-19-25-10-4-3-5-11-25/h3-17,20-21,24,32,34,39H,18-19,22H2,1-2H3,(H,38,42)/t24?,32-,34?/m0/s1. The zero-order valence-electron chi connectivity index (χ0n) is 24.8. The number of carbonyl (C=O) groups is 3. The predicted octanol–water partition coefficient (Wildman–Crippen LogP) is 6.71. The Hall–Kier alpha value is -5.17. The topological polar surface area (TPSA) is 85.5 Å². The summed E-state index contributed by atoms with van der Waals surface area (Å²) in [7, 11) is 0. The van der Waals surface area contributed by atoms with Gasteiger partial charge in [-0.25, -0.2) is 9.69 Å². The van der Waals surface area contributed by atoms with Crippen molar-refractivity contribution in [2.24, 2.45) is 0 Å². The van der Waals surface area contributed by atoms with Crippen molar-refractivity contribution in [1.82, 2.24) is 15.2 Å². The van der Waals surface area contributed by atoms with E-state index in [4.69, 9.17) is 0 Å². The van der Waals surface area contributed by atoms with Crippen molar-refractivity contribution in [2.45, 2.75) is 51.2 Å². The number of benzene rings is 4. The zero-order chi connectivity index (χ0) is 30.4. The number of hydrogen-bond acceptors (Lipinski definition) is 3. The Kier molecular flexibility index (Phi) is 7.01. The van der Waals surface area contributed by atoms with E-state index in [1.165, 1.54) is 10.5 Å². The number of nitrogens with zero attached hydrogens (tertiary/aromatic N) is 2. The third-order valence-corrected chi connectivity index (χ3v) is 8.92. The van der Waals surface area contributed by atoms with E-state index in [0.717, 1.165) is 46.1 Å². The summed E-state index contributed by atoms with van der Waals surface area (Å²) in [5, 5.41) is 4.14. The molecule has 0 radical (unpaired) electrons. The van der Waals surface area contributed by atoms with Gasteiger partial charge in [-0.15, -0.1) is 0 Å². The third kappa shape index (κ3) is 4.74. The molecule has 2 unspecified atom stereocenters. The molecule has 1 aromatic heterocycles. The van der Waals surface area contributed by atoms with E-state index in [9.17, 15) is 14.4 Å². The quantitative estimate of drug-likeness (QED) is 0.209. The van der Waals surface area contributed by atoms with E-state index in [-0.39, 0.29) is 17.9 Å². The summed E-state index contributed by atoms with van der Waals surface area (Å²) in [6, 6.07) is 31.5. The fourth-order valence-electron chi connectivity index (χ4n) is 6.65. The smallest absolute Gasteiger partial charge is 0.332 e. The van der Waals surface area contributed by atoms with Crippen molar-refractivity contribution in [1.29, 1.82) is 0 Å². The number of H-pyrrole nitrogens is 1. The molecule has 220 valence electrons. The molecule has 0 spiro atoms. The van der Waals surface area contributed by atoms with Crippen LogP contribution in [0.15, 0.2) is 103 Å². The predicted molar refractivity (Wildman–Crippen MR) is 172 cm³/mol. The number of imide groups is 1. The SMILES string of the molecule is Cc1ccc(C2c3[nH]c4ccccc4c3C[C@H]3C(=O)N(c4ccccc4C(=O)NC(C)CCc4ccccc4)C(=O)N23)cc1. The minimum Gasteiger partial charge on any atom is -0.356 e. The van der Waals surface area contributed by atoms with E-state index in [1.807, 2.05) is 74.5 Å². The number of carbonyl (C=O) groups excluding carboxylic acids is 3. The summed E-state index contributed by atoms with van der Waals surface area (Å²) in [5.74, 6) is -0.627. The van der Waals surface area contributed by atoms with Crippen LogP contribution in [0.1, 0.15) is 57.7 Å². The molecule has 2 N–H and O–H groups in total. The third-order valence-electron chi connectivity index (χ3n) is 8.92. The van der Waals surface area contributed by atoms with Crippen LogP contribution in [-0.4, -0.2) is 39.8 Å². The van der Waals surface area contributed by atoms with E-state index in [1.54, 1.807) is 29.2 Å². The van der Waals surface area contributed by atoms with Gasteiger partial charge in [-0.2, -0.15) is 0 Å². The molecule has 7 heteroatoms. The second kappa shape index (κ2) is 11.2. The number of nitrogens with one attached hydrogen (secondary N) is 2. The first kappa shape index (κ1) is 27.7. The van der Waals surface area contributed by atoms with Crippen molar-refractivity contribution in [2.75, 3.05) is 4.90 Å². The molecule has 4 amide bonds. The largest absolute Gasteiger partial charge is 0.356 e. The van der Waals surface area contributed by atoms with E-state index < -0.39 is 18.1 Å². The highest BCUT2D eigenvalue weighted by molar-refractivity contribution is 6.24. The maximum atomic E-state index is 14.4. The number of para-hydroxylation sites is 2. The number of hydrogen-bond donors (Lipinski definition) is 2. The average Bonchev–Trinajstić information content (AvgIpc) is 3.54. The summed E-state index contributed by atoms with van der Waals surface area (Å²) in [4.78, 5) is 48.7. The summed E-state index contributed by atoms with van der Waals surface area (Å²) in [5.41, 5.74) is 6.81. The molecule has 1 fully saturated rings. The molecule has 0 aliphatic carbocycles. The second-order valence-corrected chi connectivity index (χ2v) is 11.9. The van der Waals surface area contributed by atoms with Crippen LogP contribution in [0.5, 0.6) is 0 Å². The first-order chi connectivity index (χ1) is 21.4. The monoisotopic (exact) mass is 582 g/mol. The number of aromatic nitrogens is 1. The number of urea groups is 1. The van der Waals surface area contributed by atoms with Gasteiger partial charge in [-0.05, 0) is 61.6 Å². The van der Waals surface area contributed by atoms with Crippen LogP contribution in [0.4, 0.5) is 10.5 Å². The highest BCUT2D eigenvalue weighted by Gasteiger charge is 2.53. The highest BCUT2D eigenvalue weighted by Crippen LogP contribution is 2.45. The van der Waals surface area contributed by atoms with Gasteiger partial charge in [0.05, 0.1) is 11.3 Å². The van der Waals surface area contributed by atoms with Crippen LogP contribution in [0.2, 0.25) is 0 Å². The summed E-state index contributed by atoms with van der Waals surface area (Å²) >= 11 is 0. The Morgan fingerprint density at radius 3 is 2.41 bits per heavy atom. The fourth-order valence-corrected chi connectivity index (χ4v) is 6.65. The lowest BCUT2D eigenvalue weighted by molar-refractivity contribution is -0.120. The van der Waals surface area contributed by atoms with Gasteiger partial charge < -0.3 is 10.3 Å². The van der Waals surface area contributed by atoms with Gasteiger partial charge in [0.1, 0.15) is 12.1 Å². The number of fused-ring (bicyclic) bond motifs is 4. The minimum absolute atomic E-state index is 0.101.